The molecule has 4 rings (SSSR count). The Balaban J connectivity index is 1.76. The minimum absolute atomic E-state index is 0.0751. The molecule has 0 N–H and O–H groups in total. The van der Waals surface area contributed by atoms with Crippen LogP contribution < -0.4 is 4.90 Å². The Morgan fingerprint density at radius 2 is 2.16 bits per heavy atom. The number of pyridine rings is 1. The van der Waals surface area contributed by atoms with E-state index in [1.807, 2.05) is 0 Å². The molecule has 1 saturated heterocycles. The summed E-state index contributed by atoms with van der Waals surface area (Å²) in [5.74, 6) is -1.33. The van der Waals surface area contributed by atoms with Crippen molar-refractivity contribution < 1.29 is 8.78 Å². The lowest BCUT2D eigenvalue weighted by Crippen LogP contribution is -2.27. The molecule has 1 saturated carbocycles. The zero-order valence-corrected chi connectivity index (χ0v) is 10.6. The fourth-order valence-corrected chi connectivity index (χ4v) is 2.87. The predicted octanol–water partition coefficient (Wildman–Crippen LogP) is 2.74. The lowest BCUT2D eigenvalue weighted by Gasteiger charge is -2.20. The average molecular weight is 263 g/mol. The summed E-state index contributed by atoms with van der Waals surface area (Å²) in [6.07, 6.45) is 4.05. The molecule has 0 aromatic carbocycles. The zero-order valence-electron chi connectivity index (χ0n) is 10.6. The van der Waals surface area contributed by atoms with Crippen molar-refractivity contribution in [3.8, 4) is 0 Å². The second-order valence-electron chi connectivity index (χ2n) is 5.72. The molecule has 0 spiro atoms. The lowest BCUT2D eigenvalue weighted by molar-refractivity contribution is 0.0256. The van der Waals surface area contributed by atoms with Crippen LogP contribution in [-0.4, -0.2) is 30.2 Å². The first-order valence-electron chi connectivity index (χ1n) is 6.79. The number of anilines is 1. The van der Waals surface area contributed by atoms with E-state index in [-0.39, 0.29) is 13.0 Å². The zero-order chi connectivity index (χ0) is 13.0. The Bertz CT molecular complexity index is 564. The Kier molecular flexibility index (Phi) is 2.23. The Morgan fingerprint density at radius 1 is 1.32 bits per heavy atom. The van der Waals surface area contributed by atoms with Crippen LogP contribution in [0.1, 0.15) is 42.0 Å². The molecule has 19 heavy (non-hydrogen) atoms. The number of hydrogen-bond donors (Lipinski definition) is 0. The first-order valence-corrected chi connectivity index (χ1v) is 6.79. The van der Waals surface area contributed by atoms with Crippen LogP contribution in [0.4, 0.5) is 14.6 Å². The first kappa shape index (κ1) is 11.3. The van der Waals surface area contributed by atoms with Crippen molar-refractivity contribution in [3.63, 3.8) is 0 Å². The highest BCUT2D eigenvalue weighted by Gasteiger charge is 2.40. The molecule has 0 bridgehead atoms. The number of halogens is 2. The molecule has 0 amide bonds. The van der Waals surface area contributed by atoms with Gasteiger partial charge in [0, 0.05) is 36.4 Å². The minimum Gasteiger partial charge on any atom is -0.350 e. The first-order chi connectivity index (χ1) is 9.12. The maximum Gasteiger partial charge on any atom is 0.266 e. The van der Waals surface area contributed by atoms with Crippen molar-refractivity contribution in [2.24, 2.45) is 4.99 Å². The van der Waals surface area contributed by atoms with Gasteiger partial charge in [0.05, 0.1) is 13.1 Å². The van der Waals surface area contributed by atoms with Gasteiger partial charge in [-0.15, -0.1) is 0 Å². The minimum atomic E-state index is -2.58. The summed E-state index contributed by atoms with van der Waals surface area (Å²) in [6.45, 7) is 0.831. The van der Waals surface area contributed by atoms with E-state index in [9.17, 15) is 8.78 Å². The number of fused-ring (bicyclic) bond motifs is 1. The SMILES string of the molecule is FC1(F)CCN(c2nc(C3CC3)cc3c2C=NC3)C1. The summed E-state index contributed by atoms with van der Waals surface area (Å²) in [5, 5.41) is 0. The molecule has 3 aliphatic rings. The van der Waals surface area contributed by atoms with Crippen molar-refractivity contribution in [2.75, 3.05) is 18.0 Å². The summed E-state index contributed by atoms with van der Waals surface area (Å²) in [5.41, 5.74) is 3.15. The molecule has 5 heteroatoms. The Labute approximate surface area is 110 Å². The number of rotatable bonds is 2. The van der Waals surface area contributed by atoms with Gasteiger partial charge in [-0.3, -0.25) is 4.99 Å². The van der Waals surface area contributed by atoms with E-state index < -0.39 is 5.92 Å². The number of hydrogen-bond acceptors (Lipinski definition) is 3. The van der Waals surface area contributed by atoms with Crippen molar-refractivity contribution >= 4 is 12.0 Å². The molecule has 2 aliphatic heterocycles. The van der Waals surface area contributed by atoms with Gasteiger partial charge in [-0.1, -0.05) is 0 Å². The average Bonchev–Trinajstić information content (AvgIpc) is 3.01. The van der Waals surface area contributed by atoms with E-state index >= 15 is 0 Å². The monoisotopic (exact) mass is 263 g/mol. The van der Waals surface area contributed by atoms with Gasteiger partial charge in [0.2, 0.25) is 0 Å². The van der Waals surface area contributed by atoms with Crippen molar-refractivity contribution in [1.29, 1.82) is 0 Å². The lowest BCUT2D eigenvalue weighted by atomic mass is 10.1. The van der Waals surface area contributed by atoms with Crippen LogP contribution in [0.15, 0.2) is 11.1 Å². The fourth-order valence-electron chi connectivity index (χ4n) is 2.87. The van der Waals surface area contributed by atoms with Gasteiger partial charge in [-0.2, -0.15) is 0 Å². The maximum atomic E-state index is 13.4. The molecule has 0 unspecified atom stereocenters. The van der Waals surface area contributed by atoms with Crippen LogP contribution in [0.3, 0.4) is 0 Å². The summed E-state index contributed by atoms with van der Waals surface area (Å²) < 4.78 is 26.8. The highest BCUT2D eigenvalue weighted by atomic mass is 19.3. The highest BCUT2D eigenvalue weighted by molar-refractivity contribution is 5.91. The van der Waals surface area contributed by atoms with Crippen LogP contribution in [0.5, 0.6) is 0 Å². The fraction of sp³-hybridized carbons (Fsp3) is 0.571. The predicted molar refractivity (Wildman–Crippen MR) is 69.3 cm³/mol. The standard InChI is InChI=1S/C14H15F2N3/c15-14(16)3-4-19(8-14)13-11-7-17-6-10(11)5-12(18-13)9-1-2-9/h5,7,9H,1-4,6,8H2. The molecular weight excluding hydrogens is 248 g/mol. The summed E-state index contributed by atoms with van der Waals surface area (Å²) >= 11 is 0. The molecule has 0 atom stereocenters. The second kappa shape index (κ2) is 3.74. The van der Waals surface area contributed by atoms with Gasteiger partial charge < -0.3 is 4.90 Å². The molecular formula is C14H15F2N3. The maximum absolute atomic E-state index is 13.4. The van der Waals surface area contributed by atoms with E-state index in [2.05, 4.69) is 16.0 Å². The normalized spacial score (nSPS) is 24.0. The van der Waals surface area contributed by atoms with E-state index in [4.69, 9.17) is 0 Å². The van der Waals surface area contributed by atoms with Gasteiger partial charge in [-0.05, 0) is 24.5 Å². The summed E-state index contributed by atoms with van der Waals surface area (Å²) in [7, 11) is 0. The summed E-state index contributed by atoms with van der Waals surface area (Å²) in [6, 6.07) is 2.11. The van der Waals surface area contributed by atoms with Crippen LogP contribution >= 0.6 is 0 Å². The smallest absolute Gasteiger partial charge is 0.266 e. The third kappa shape index (κ3) is 1.91. The Morgan fingerprint density at radius 3 is 2.84 bits per heavy atom. The van der Waals surface area contributed by atoms with Crippen LogP contribution in [0, 0.1) is 0 Å². The number of aromatic nitrogens is 1. The van der Waals surface area contributed by atoms with Crippen LogP contribution in [0.25, 0.3) is 0 Å². The quantitative estimate of drug-likeness (QED) is 0.820. The molecule has 1 aliphatic carbocycles. The van der Waals surface area contributed by atoms with Crippen molar-refractivity contribution in [3.05, 3.63) is 22.9 Å². The van der Waals surface area contributed by atoms with Gasteiger partial charge in [0.25, 0.3) is 5.92 Å². The second-order valence-corrected chi connectivity index (χ2v) is 5.72. The third-order valence-electron chi connectivity index (χ3n) is 4.09. The number of nitrogens with zero attached hydrogens (tertiary/aromatic N) is 3. The largest absolute Gasteiger partial charge is 0.350 e. The van der Waals surface area contributed by atoms with Crippen molar-refractivity contribution in [2.45, 2.75) is 37.6 Å². The van der Waals surface area contributed by atoms with E-state index in [0.29, 0.717) is 19.0 Å². The molecule has 0 radical (unpaired) electrons. The molecule has 3 nitrogen and oxygen atoms in total. The van der Waals surface area contributed by atoms with Gasteiger partial charge in [0.15, 0.2) is 0 Å². The Hall–Kier alpha value is -1.52. The number of alkyl halides is 2. The van der Waals surface area contributed by atoms with Gasteiger partial charge >= 0.3 is 0 Å². The molecule has 1 aromatic heterocycles. The van der Waals surface area contributed by atoms with E-state index in [1.54, 1.807) is 11.1 Å². The van der Waals surface area contributed by atoms with E-state index in [0.717, 1.165) is 22.6 Å². The third-order valence-corrected chi connectivity index (χ3v) is 4.09. The van der Waals surface area contributed by atoms with Crippen LogP contribution in [0.2, 0.25) is 0 Å². The van der Waals surface area contributed by atoms with Gasteiger partial charge in [0.1, 0.15) is 5.82 Å². The summed E-state index contributed by atoms with van der Waals surface area (Å²) in [4.78, 5) is 10.6. The molecule has 2 fully saturated rings. The number of aliphatic imine (C=N–C) groups is 1. The molecule has 100 valence electrons. The topological polar surface area (TPSA) is 28.5 Å². The molecule has 1 aromatic rings. The van der Waals surface area contributed by atoms with Gasteiger partial charge in [-0.25, -0.2) is 13.8 Å². The highest BCUT2D eigenvalue weighted by Crippen LogP contribution is 2.42. The molecule has 3 heterocycles. The van der Waals surface area contributed by atoms with Crippen LogP contribution in [-0.2, 0) is 6.54 Å². The van der Waals surface area contributed by atoms with E-state index in [1.165, 1.54) is 12.8 Å². The van der Waals surface area contributed by atoms with Crippen molar-refractivity contribution in [1.82, 2.24) is 4.98 Å².